The molecule has 1 aromatic heterocycles. The zero-order valence-electron chi connectivity index (χ0n) is 12.0. The molecule has 4 heteroatoms. The van der Waals surface area contributed by atoms with E-state index in [9.17, 15) is 4.39 Å². The SMILES string of the molecule is C=CCCOCCNCc1ccc(F)c(-c2cccs2)c1. The molecule has 0 amide bonds. The van der Waals surface area contributed by atoms with Crippen molar-refractivity contribution in [2.24, 2.45) is 0 Å². The minimum Gasteiger partial charge on any atom is -0.380 e. The molecule has 0 bridgehead atoms. The van der Waals surface area contributed by atoms with Crippen molar-refractivity contribution >= 4 is 11.3 Å². The van der Waals surface area contributed by atoms with Crippen molar-refractivity contribution in [1.29, 1.82) is 0 Å². The summed E-state index contributed by atoms with van der Waals surface area (Å²) in [6.07, 6.45) is 2.72. The van der Waals surface area contributed by atoms with Crippen LogP contribution in [0.2, 0.25) is 0 Å². The van der Waals surface area contributed by atoms with E-state index in [-0.39, 0.29) is 5.82 Å². The molecule has 0 spiro atoms. The third-order valence-electron chi connectivity index (χ3n) is 3.04. The van der Waals surface area contributed by atoms with Crippen LogP contribution in [-0.4, -0.2) is 19.8 Å². The van der Waals surface area contributed by atoms with Gasteiger partial charge in [0.2, 0.25) is 0 Å². The third kappa shape index (κ3) is 5.08. The summed E-state index contributed by atoms with van der Waals surface area (Å²) in [4.78, 5) is 0.960. The maximum Gasteiger partial charge on any atom is 0.131 e. The van der Waals surface area contributed by atoms with Gasteiger partial charge in [0.25, 0.3) is 0 Å². The van der Waals surface area contributed by atoms with Crippen molar-refractivity contribution in [2.45, 2.75) is 13.0 Å². The highest BCUT2D eigenvalue weighted by Crippen LogP contribution is 2.28. The molecule has 112 valence electrons. The first-order valence-electron chi connectivity index (χ1n) is 7.03. The Labute approximate surface area is 129 Å². The van der Waals surface area contributed by atoms with Gasteiger partial charge in [-0.25, -0.2) is 4.39 Å². The zero-order valence-corrected chi connectivity index (χ0v) is 12.8. The summed E-state index contributed by atoms with van der Waals surface area (Å²) in [5.41, 5.74) is 1.75. The third-order valence-corrected chi connectivity index (χ3v) is 3.94. The van der Waals surface area contributed by atoms with Gasteiger partial charge in [-0.2, -0.15) is 0 Å². The predicted molar refractivity (Wildman–Crippen MR) is 87.1 cm³/mol. The number of ether oxygens (including phenoxy) is 1. The molecule has 0 radical (unpaired) electrons. The van der Waals surface area contributed by atoms with Crippen molar-refractivity contribution < 1.29 is 9.13 Å². The fraction of sp³-hybridized carbons (Fsp3) is 0.294. The van der Waals surface area contributed by atoms with E-state index < -0.39 is 0 Å². The van der Waals surface area contributed by atoms with Gasteiger partial charge in [0.15, 0.2) is 0 Å². The van der Waals surface area contributed by atoms with Gasteiger partial charge >= 0.3 is 0 Å². The number of rotatable bonds is 9. The number of thiophene rings is 1. The fourth-order valence-corrected chi connectivity index (χ4v) is 2.69. The first-order chi connectivity index (χ1) is 10.3. The maximum atomic E-state index is 13.9. The second-order valence-corrected chi connectivity index (χ2v) is 5.61. The minimum atomic E-state index is -0.172. The summed E-state index contributed by atoms with van der Waals surface area (Å²) in [7, 11) is 0. The average Bonchev–Trinajstić information content (AvgIpc) is 3.02. The lowest BCUT2D eigenvalue weighted by atomic mass is 10.1. The highest BCUT2D eigenvalue weighted by Gasteiger charge is 2.07. The highest BCUT2D eigenvalue weighted by atomic mass is 32.1. The summed E-state index contributed by atoms with van der Waals surface area (Å²) >= 11 is 1.55. The van der Waals surface area contributed by atoms with E-state index in [4.69, 9.17) is 4.74 Å². The average molecular weight is 305 g/mol. The lowest BCUT2D eigenvalue weighted by molar-refractivity contribution is 0.140. The molecule has 0 aliphatic heterocycles. The van der Waals surface area contributed by atoms with E-state index in [1.807, 2.05) is 35.7 Å². The fourth-order valence-electron chi connectivity index (χ4n) is 1.95. The van der Waals surface area contributed by atoms with Crippen molar-refractivity contribution in [3.8, 4) is 10.4 Å². The van der Waals surface area contributed by atoms with E-state index in [0.29, 0.717) is 25.3 Å². The predicted octanol–water partition coefficient (Wildman–Crippen LogP) is 4.24. The molecule has 0 saturated heterocycles. The molecule has 0 fully saturated rings. The number of halogens is 1. The number of benzene rings is 1. The first-order valence-corrected chi connectivity index (χ1v) is 7.91. The monoisotopic (exact) mass is 305 g/mol. The second-order valence-electron chi connectivity index (χ2n) is 4.66. The highest BCUT2D eigenvalue weighted by molar-refractivity contribution is 7.13. The van der Waals surface area contributed by atoms with Crippen LogP contribution in [0.25, 0.3) is 10.4 Å². The molecule has 2 rings (SSSR count). The van der Waals surface area contributed by atoms with Crippen LogP contribution in [0.3, 0.4) is 0 Å². The van der Waals surface area contributed by atoms with Crippen LogP contribution < -0.4 is 5.32 Å². The van der Waals surface area contributed by atoms with Gasteiger partial charge in [0, 0.05) is 23.5 Å². The van der Waals surface area contributed by atoms with E-state index >= 15 is 0 Å². The quantitative estimate of drug-likeness (QED) is 0.553. The molecule has 21 heavy (non-hydrogen) atoms. The van der Waals surface area contributed by atoms with E-state index in [1.165, 1.54) is 6.07 Å². The van der Waals surface area contributed by atoms with Crippen molar-refractivity contribution in [3.63, 3.8) is 0 Å². The Bertz CT molecular complexity index is 554. The van der Waals surface area contributed by atoms with Crippen LogP contribution in [0.5, 0.6) is 0 Å². The minimum absolute atomic E-state index is 0.172. The Balaban J connectivity index is 1.81. The molecule has 1 N–H and O–H groups in total. The molecule has 2 aromatic rings. The maximum absolute atomic E-state index is 13.9. The van der Waals surface area contributed by atoms with Gasteiger partial charge in [0.1, 0.15) is 5.82 Å². The standard InChI is InChI=1S/C17H20FNOS/c1-2-3-9-20-10-8-19-13-14-6-7-16(18)15(12-14)17-5-4-11-21-17/h2,4-7,11-12,19H,1,3,8-10,13H2. The Morgan fingerprint density at radius 2 is 2.19 bits per heavy atom. The van der Waals surface area contributed by atoms with Crippen molar-refractivity contribution in [1.82, 2.24) is 5.32 Å². The summed E-state index contributed by atoms with van der Waals surface area (Å²) in [5.74, 6) is -0.172. The van der Waals surface area contributed by atoms with Gasteiger partial charge in [0.05, 0.1) is 13.2 Å². The Morgan fingerprint density at radius 3 is 2.95 bits per heavy atom. The summed E-state index contributed by atoms with van der Waals surface area (Å²) in [6.45, 7) is 6.52. The summed E-state index contributed by atoms with van der Waals surface area (Å²) in [5, 5.41) is 5.26. The largest absolute Gasteiger partial charge is 0.380 e. The summed E-state index contributed by atoms with van der Waals surface area (Å²) < 4.78 is 19.3. The van der Waals surface area contributed by atoms with Crippen LogP contribution >= 0.6 is 11.3 Å². The number of hydrogen-bond donors (Lipinski definition) is 1. The molecular formula is C17H20FNOS. The summed E-state index contributed by atoms with van der Waals surface area (Å²) in [6, 6.07) is 9.14. The first kappa shape index (κ1) is 15.9. The Hall–Kier alpha value is -1.49. The molecule has 0 aliphatic rings. The molecule has 1 heterocycles. The van der Waals surface area contributed by atoms with Crippen LogP contribution in [0.4, 0.5) is 4.39 Å². The van der Waals surface area contributed by atoms with E-state index in [2.05, 4.69) is 11.9 Å². The molecule has 1 aromatic carbocycles. The topological polar surface area (TPSA) is 21.3 Å². The Morgan fingerprint density at radius 1 is 1.29 bits per heavy atom. The lowest BCUT2D eigenvalue weighted by Gasteiger charge is -2.08. The van der Waals surface area contributed by atoms with Gasteiger partial charge < -0.3 is 10.1 Å². The van der Waals surface area contributed by atoms with Crippen molar-refractivity contribution in [2.75, 3.05) is 19.8 Å². The molecule has 2 nitrogen and oxygen atoms in total. The van der Waals surface area contributed by atoms with Crippen LogP contribution in [-0.2, 0) is 11.3 Å². The normalized spacial score (nSPS) is 10.7. The van der Waals surface area contributed by atoms with Crippen molar-refractivity contribution in [3.05, 3.63) is 59.7 Å². The number of hydrogen-bond acceptors (Lipinski definition) is 3. The molecule has 0 aliphatic carbocycles. The van der Waals surface area contributed by atoms with Crippen LogP contribution in [0.15, 0.2) is 48.4 Å². The van der Waals surface area contributed by atoms with E-state index in [1.54, 1.807) is 11.3 Å². The molecule has 0 saturated carbocycles. The zero-order chi connectivity index (χ0) is 14.9. The van der Waals surface area contributed by atoms with Gasteiger partial charge in [-0.3, -0.25) is 0 Å². The molecular weight excluding hydrogens is 285 g/mol. The number of nitrogens with one attached hydrogen (secondary N) is 1. The Kier molecular flexibility index (Phi) is 6.60. The van der Waals surface area contributed by atoms with E-state index in [0.717, 1.165) is 23.4 Å². The van der Waals surface area contributed by atoms with Gasteiger partial charge in [-0.15, -0.1) is 17.9 Å². The lowest BCUT2D eigenvalue weighted by Crippen LogP contribution is -2.19. The van der Waals surface area contributed by atoms with Gasteiger partial charge in [-0.05, 0) is 35.6 Å². The molecule has 0 atom stereocenters. The van der Waals surface area contributed by atoms with Gasteiger partial charge in [-0.1, -0.05) is 18.2 Å². The van der Waals surface area contributed by atoms with Crippen LogP contribution in [0, 0.1) is 5.82 Å². The smallest absolute Gasteiger partial charge is 0.131 e. The second kappa shape index (κ2) is 8.72. The molecule has 0 unspecified atom stereocenters. The van der Waals surface area contributed by atoms with Crippen LogP contribution in [0.1, 0.15) is 12.0 Å².